The van der Waals surface area contributed by atoms with Crippen molar-refractivity contribution in [3.63, 3.8) is 0 Å². The van der Waals surface area contributed by atoms with E-state index in [2.05, 4.69) is 15.9 Å². The molecule has 1 atom stereocenters. The number of carbonyl (C=O) groups is 2. The average Bonchev–Trinajstić information content (AvgIpc) is 2.46. The fraction of sp³-hybridized carbons (Fsp3) is 0.176. The molecule has 20 heavy (non-hydrogen) atoms. The molecule has 2 rings (SSSR count). The first kappa shape index (κ1) is 14.7. The van der Waals surface area contributed by atoms with Crippen LogP contribution in [0.4, 0.5) is 0 Å². The molecule has 0 radical (unpaired) electrons. The van der Waals surface area contributed by atoms with Crippen LogP contribution in [-0.2, 0) is 4.79 Å². The van der Waals surface area contributed by atoms with E-state index in [9.17, 15) is 9.59 Å². The molecule has 0 N–H and O–H groups in total. The molecule has 102 valence electrons. The lowest BCUT2D eigenvalue weighted by atomic mass is 9.97. The summed E-state index contributed by atoms with van der Waals surface area (Å²) in [7, 11) is 0. The molecule has 0 saturated carbocycles. The lowest BCUT2D eigenvalue weighted by Crippen LogP contribution is -2.04. The Balaban J connectivity index is 2.35. The van der Waals surface area contributed by atoms with Crippen molar-refractivity contribution in [1.29, 1.82) is 0 Å². The van der Waals surface area contributed by atoms with Gasteiger partial charge >= 0.3 is 0 Å². The van der Waals surface area contributed by atoms with Crippen LogP contribution in [0.15, 0.2) is 46.9 Å². The standard InChI is InChI=1S/C17H15BrO2/c1-11-3-5-13(6-4-11)17(20)15-8-7-14(9-16(15)18)12(2)10-19/h3-10,12H,1-2H3. The van der Waals surface area contributed by atoms with Crippen LogP contribution in [0.2, 0.25) is 0 Å². The van der Waals surface area contributed by atoms with Crippen molar-refractivity contribution < 1.29 is 9.59 Å². The van der Waals surface area contributed by atoms with E-state index in [1.807, 2.05) is 50.2 Å². The van der Waals surface area contributed by atoms with Crippen LogP contribution < -0.4 is 0 Å². The van der Waals surface area contributed by atoms with Crippen molar-refractivity contribution >= 4 is 28.0 Å². The van der Waals surface area contributed by atoms with Gasteiger partial charge in [0.1, 0.15) is 6.29 Å². The third-order valence-corrected chi connectivity index (χ3v) is 3.94. The summed E-state index contributed by atoms with van der Waals surface area (Å²) in [5.41, 5.74) is 3.28. The molecule has 0 fully saturated rings. The molecule has 1 unspecified atom stereocenters. The first-order chi connectivity index (χ1) is 9.52. The Morgan fingerprint density at radius 1 is 1.15 bits per heavy atom. The Kier molecular flexibility index (Phi) is 4.50. The highest BCUT2D eigenvalue weighted by atomic mass is 79.9. The van der Waals surface area contributed by atoms with E-state index >= 15 is 0 Å². The van der Waals surface area contributed by atoms with Crippen LogP contribution in [0.1, 0.15) is 39.9 Å². The van der Waals surface area contributed by atoms with Crippen molar-refractivity contribution in [3.05, 3.63) is 69.2 Å². The van der Waals surface area contributed by atoms with Crippen molar-refractivity contribution in [2.45, 2.75) is 19.8 Å². The summed E-state index contributed by atoms with van der Waals surface area (Å²) in [5, 5.41) is 0. The highest BCUT2D eigenvalue weighted by Gasteiger charge is 2.14. The van der Waals surface area contributed by atoms with E-state index in [1.54, 1.807) is 6.07 Å². The Morgan fingerprint density at radius 3 is 2.35 bits per heavy atom. The van der Waals surface area contributed by atoms with Gasteiger partial charge in [-0.3, -0.25) is 4.79 Å². The lowest BCUT2D eigenvalue weighted by molar-refractivity contribution is -0.108. The number of carbonyl (C=O) groups excluding carboxylic acids is 2. The maximum absolute atomic E-state index is 12.4. The molecule has 0 spiro atoms. The molecule has 2 aromatic carbocycles. The monoisotopic (exact) mass is 330 g/mol. The van der Waals surface area contributed by atoms with Gasteiger partial charge in [-0.15, -0.1) is 0 Å². The Hall–Kier alpha value is -1.74. The molecule has 0 heterocycles. The van der Waals surface area contributed by atoms with Gasteiger partial charge in [-0.1, -0.05) is 58.7 Å². The van der Waals surface area contributed by atoms with Crippen molar-refractivity contribution in [2.75, 3.05) is 0 Å². The number of aryl methyl sites for hydroxylation is 1. The SMILES string of the molecule is Cc1ccc(C(=O)c2ccc(C(C)C=O)cc2Br)cc1. The normalized spacial score (nSPS) is 11.9. The smallest absolute Gasteiger partial charge is 0.194 e. The van der Waals surface area contributed by atoms with E-state index < -0.39 is 0 Å². The second-order valence-corrected chi connectivity index (χ2v) is 5.71. The summed E-state index contributed by atoms with van der Waals surface area (Å²) >= 11 is 3.42. The molecule has 2 nitrogen and oxygen atoms in total. The highest BCUT2D eigenvalue weighted by Crippen LogP contribution is 2.25. The molecule has 0 saturated heterocycles. The molecule has 0 aromatic heterocycles. The van der Waals surface area contributed by atoms with E-state index in [-0.39, 0.29) is 11.7 Å². The second kappa shape index (κ2) is 6.14. The predicted octanol–water partition coefficient (Wildman–Crippen LogP) is 4.29. The lowest BCUT2D eigenvalue weighted by Gasteiger charge is -2.09. The van der Waals surface area contributed by atoms with Crippen molar-refractivity contribution in [1.82, 2.24) is 0 Å². The van der Waals surface area contributed by atoms with Gasteiger partial charge in [-0.2, -0.15) is 0 Å². The van der Waals surface area contributed by atoms with Gasteiger partial charge < -0.3 is 4.79 Å². The maximum atomic E-state index is 12.4. The van der Waals surface area contributed by atoms with Gasteiger partial charge in [0.2, 0.25) is 0 Å². The molecule has 0 aliphatic rings. The minimum Gasteiger partial charge on any atom is -0.303 e. The van der Waals surface area contributed by atoms with Gasteiger partial charge in [0.15, 0.2) is 5.78 Å². The summed E-state index contributed by atoms with van der Waals surface area (Å²) in [6, 6.07) is 12.9. The van der Waals surface area contributed by atoms with Crippen LogP contribution in [0, 0.1) is 6.92 Å². The topological polar surface area (TPSA) is 34.1 Å². The molecular formula is C17H15BrO2. The highest BCUT2D eigenvalue weighted by molar-refractivity contribution is 9.10. The molecule has 0 aliphatic carbocycles. The number of hydrogen-bond acceptors (Lipinski definition) is 2. The number of rotatable bonds is 4. The van der Waals surface area contributed by atoms with Gasteiger partial charge in [-0.05, 0) is 24.6 Å². The predicted molar refractivity (Wildman–Crippen MR) is 83.2 cm³/mol. The first-order valence-electron chi connectivity index (χ1n) is 6.39. The van der Waals surface area contributed by atoms with Crippen LogP contribution >= 0.6 is 15.9 Å². The van der Waals surface area contributed by atoms with Crippen LogP contribution in [0.5, 0.6) is 0 Å². The fourth-order valence-corrected chi connectivity index (χ4v) is 2.51. The molecular weight excluding hydrogens is 316 g/mol. The zero-order valence-corrected chi connectivity index (χ0v) is 13.0. The molecule has 3 heteroatoms. The zero-order chi connectivity index (χ0) is 14.7. The van der Waals surface area contributed by atoms with Gasteiger partial charge in [0.05, 0.1) is 0 Å². The minimum atomic E-state index is -0.171. The van der Waals surface area contributed by atoms with Crippen LogP contribution in [-0.4, -0.2) is 12.1 Å². The number of benzene rings is 2. The number of ketones is 1. The molecule has 2 aromatic rings. The number of aldehydes is 1. The van der Waals surface area contributed by atoms with Gasteiger partial charge in [0, 0.05) is 21.5 Å². The quantitative estimate of drug-likeness (QED) is 0.619. The average molecular weight is 331 g/mol. The first-order valence-corrected chi connectivity index (χ1v) is 7.18. The van der Waals surface area contributed by atoms with Crippen LogP contribution in [0.3, 0.4) is 0 Å². The largest absolute Gasteiger partial charge is 0.303 e. The fourth-order valence-electron chi connectivity index (χ4n) is 1.94. The van der Waals surface area contributed by atoms with E-state index in [1.165, 1.54) is 0 Å². The molecule has 0 aliphatic heterocycles. The summed E-state index contributed by atoms with van der Waals surface area (Å²) in [6.45, 7) is 3.82. The van der Waals surface area contributed by atoms with Crippen molar-refractivity contribution in [3.8, 4) is 0 Å². The summed E-state index contributed by atoms with van der Waals surface area (Å²) in [5.74, 6) is -0.197. The second-order valence-electron chi connectivity index (χ2n) is 4.86. The summed E-state index contributed by atoms with van der Waals surface area (Å²) < 4.78 is 0.717. The van der Waals surface area contributed by atoms with E-state index in [0.29, 0.717) is 15.6 Å². The van der Waals surface area contributed by atoms with E-state index in [4.69, 9.17) is 0 Å². The Morgan fingerprint density at radius 2 is 1.80 bits per heavy atom. The Bertz CT molecular complexity index is 645. The third-order valence-electron chi connectivity index (χ3n) is 3.28. The van der Waals surface area contributed by atoms with Crippen LogP contribution in [0.25, 0.3) is 0 Å². The molecule has 0 bridgehead atoms. The summed E-state index contributed by atoms with van der Waals surface area (Å²) in [6.07, 6.45) is 0.892. The van der Waals surface area contributed by atoms with E-state index in [0.717, 1.165) is 17.4 Å². The number of halogens is 1. The maximum Gasteiger partial charge on any atom is 0.194 e. The molecule has 0 amide bonds. The van der Waals surface area contributed by atoms with Crippen molar-refractivity contribution in [2.24, 2.45) is 0 Å². The summed E-state index contributed by atoms with van der Waals surface area (Å²) in [4.78, 5) is 23.2. The zero-order valence-electron chi connectivity index (χ0n) is 11.4. The van der Waals surface area contributed by atoms with Gasteiger partial charge in [-0.25, -0.2) is 0 Å². The Labute approximate surface area is 127 Å². The number of hydrogen-bond donors (Lipinski definition) is 0. The van der Waals surface area contributed by atoms with Gasteiger partial charge in [0.25, 0.3) is 0 Å². The third kappa shape index (κ3) is 3.05. The minimum absolute atomic E-state index is 0.0258.